The molecule has 3 rings (SSSR count). The second-order valence-electron chi connectivity index (χ2n) is 9.57. The number of hydrogen-bond donors (Lipinski definition) is 2. The van der Waals surface area contributed by atoms with Gasteiger partial charge >= 0.3 is 0 Å². The summed E-state index contributed by atoms with van der Waals surface area (Å²) in [6.45, 7) is 11.6. The van der Waals surface area contributed by atoms with Crippen molar-refractivity contribution in [2.45, 2.75) is 64.2 Å². The zero-order chi connectivity index (χ0) is 24.7. The van der Waals surface area contributed by atoms with Crippen molar-refractivity contribution in [3.8, 4) is 0 Å². The van der Waals surface area contributed by atoms with Crippen molar-refractivity contribution in [3.05, 3.63) is 65.2 Å². The molecule has 0 aliphatic carbocycles. The van der Waals surface area contributed by atoms with Crippen LogP contribution >= 0.6 is 0 Å². The number of carbonyl (C=O) groups is 1. The Morgan fingerprint density at radius 3 is 2.53 bits per heavy atom. The standard InChI is InChI=1S/C26H37N3O4S/c1-19(2)14-25(28-34(31,32)24-10-8-20(3)9-11-24)26(30)27-16-22-6-5-7-23(15-22)18-29-12-13-33-21(4)17-29/h5-11,15,19,21,25,28H,12-14,16-18H2,1-4H3,(H,27,30). The molecule has 1 fully saturated rings. The molecule has 2 aromatic rings. The first-order chi connectivity index (χ1) is 16.1. The van der Waals surface area contributed by atoms with Crippen molar-refractivity contribution in [2.24, 2.45) is 5.92 Å². The van der Waals surface area contributed by atoms with Crippen LogP contribution < -0.4 is 10.0 Å². The molecule has 2 unspecified atom stereocenters. The van der Waals surface area contributed by atoms with E-state index in [4.69, 9.17) is 4.74 Å². The SMILES string of the molecule is Cc1ccc(S(=O)(=O)NC(CC(C)C)C(=O)NCc2cccc(CN3CCOC(C)C3)c2)cc1. The van der Waals surface area contributed by atoms with E-state index in [1.54, 1.807) is 24.3 Å². The summed E-state index contributed by atoms with van der Waals surface area (Å²) in [6, 6.07) is 13.9. The Morgan fingerprint density at radius 2 is 1.85 bits per heavy atom. The lowest BCUT2D eigenvalue weighted by Crippen LogP contribution is -2.47. The zero-order valence-electron chi connectivity index (χ0n) is 20.6. The fourth-order valence-electron chi connectivity index (χ4n) is 4.10. The highest BCUT2D eigenvalue weighted by atomic mass is 32.2. The molecule has 0 bridgehead atoms. The van der Waals surface area contributed by atoms with E-state index in [1.165, 1.54) is 5.56 Å². The van der Waals surface area contributed by atoms with Crippen molar-refractivity contribution in [1.29, 1.82) is 0 Å². The van der Waals surface area contributed by atoms with Crippen LogP contribution in [0.2, 0.25) is 0 Å². The summed E-state index contributed by atoms with van der Waals surface area (Å²) in [5.41, 5.74) is 3.14. The summed E-state index contributed by atoms with van der Waals surface area (Å²) in [6.07, 6.45) is 0.643. The summed E-state index contributed by atoms with van der Waals surface area (Å²) >= 11 is 0. The first-order valence-corrected chi connectivity index (χ1v) is 13.4. The molecule has 1 aliphatic heterocycles. The molecule has 1 aliphatic rings. The monoisotopic (exact) mass is 487 g/mol. The number of nitrogens with zero attached hydrogens (tertiary/aromatic N) is 1. The van der Waals surface area contributed by atoms with Gasteiger partial charge in [-0.05, 0) is 49.4 Å². The summed E-state index contributed by atoms with van der Waals surface area (Å²) in [4.78, 5) is 15.5. The Labute approximate surface area is 203 Å². The molecule has 8 heteroatoms. The highest BCUT2D eigenvalue weighted by molar-refractivity contribution is 7.89. The van der Waals surface area contributed by atoms with E-state index >= 15 is 0 Å². The number of carbonyl (C=O) groups excluding carboxylic acids is 1. The van der Waals surface area contributed by atoms with E-state index in [0.717, 1.165) is 37.4 Å². The first-order valence-electron chi connectivity index (χ1n) is 11.9. The number of hydrogen-bond acceptors (Lipinski definition) is 5. The summed E-state index contributed by atoms with van der Waals surface area (Å²) < 4.78 is 34.0. The molecule has 0 spiro atoms. The normalized spacial score (nSPS) is 18.1. The maximum Gasteiger partial charge on any atom is 0.241 e. The Balaban J connectivity index is 1.63. The predicted octanol–water partition coefficient (Wildman–Crippen LogP) is 3.23. The molecule has 2 N–H and O–H groups in total. The quantitative estimate of drug-likeness (QED) is 0.537. The number of sulfonamides is 1. The van der Waals surface area contributed by atoms with Crippen molar-refractivity contribution in [3.63, 3.8) is 0 Å². The van der Waals surface area contributed by atoms with Crippen LogP contribution in [-0.2, 0) is 32.6 Å². The first kappa shape index (κ1) is 26.3. The van der Waals surface area contributed by atoms with Gasteiger partial charge in [0, 0.05) is 26.2 Å². The van der Waals surface area contributed by atoms with Gasteiger partial charge in [-0.1, -0.05) is 55.8 Å². The van der Waals surface area contributed by atoms with E-state index < -0.39 is 16.1 Å². The van der Waals surface area contributed by atoms with E-state index in [0.29, 0.717) is 13.0 Å². The molecule has 0 radical (unpaired) electrons. The number of nitrogens with one attached hydrogen (secondary N) is 2. The van der Waals surface area contributed by atoms with Gasteiger partial charge < -0.3 is 10.1 Å². The van der Waals surface area contributed by atoms with Crippen molar-refractivity contribution in [1.82, 2.24) is 14.9 Å². The van der Waals surface area contributed by atoms with Crippen LogP contribution in [0.4, 0.5) is 0 Å². The minimum Gasteiger partial charge on any atom is -0.376 e. The van der Waals surface area contributed by atoms with Gasteiger partial charge in [0.1, 0.15) is 6.04 Å². The van der Waals surface area contributed by atoms with Crippen LogP contribution in [0.15, 0.2) is 53.4 Å². The minimum atomic E-state index is -3.80. The maximum atomic E-state index is 13.0. The van der Waals surface area contributed by atoms with E-state index in [1.807, 2.05) is 32.9 Å². The van der Waals surface area contributed by atoms with Crippen LogP contribution in [0.1, 0.15) is 43.9 Å². The molecule has 1 saturated heterocycles. The van der Waals surface area contributed by atoms with Crippen LogP contribution in [0.25, 0.3) is 0 Å². The lowest BCUT2D eigenvalue weighted by Gasteiger charge is -2.31. The van der Waals surface area contributed by atoms with Gasteiger partial charge in [0.15, 0.2) is 0 Å². The summed E-state index contributed by atoms with van der Waals surface area (Å²) in [5, 5.41) is 2.93. The summed E-state index contributed by atoms with van der Waals surface area (Å²) in [5.74, 6) is -0.174. The lowest BCUT2D eigenvalue weighted by molar-refractivity contribution is -0.123. The van der Waals surface area contributed by atoms with Gasteiger partial charge in [-0.15, -0.1) is 0 Å². The highest BCUT2D eigenvalue weighted by Gasteiger charge is 2.26. The van der Waals surface area contributed by atoms with Gasteiger partial charge in [0.05, 0.1) is 17.6 Å². The number of benzene rings is 2. The maximum absolute atomic E-state index is 13.0. The van der Waals surface area contributed by atoms with Crippen molar-refractivity contribution < 1.29 is 17.9 Å². The summed E-state index contributed by atoms with van der Waals surface area (Å²) in [7, 11) is -3.80. The second-order valence-corrected chi connectivity index (χ2v) is 11.3. The average molecular weight is 488 g/mol. The Bertz CT molecular complexity index is 1050. The smallest absolute Gasteiger partial charge is 0.241 e. The Morgan fingerprint density at radius 1 is 1.15 bits per heavy atom. The van der Waals surface area contributed by atoms with E-state index in [2.05, 4.69) is 34.0 Å². The number of aryl methyl sites for hydroxylation is 1. The van der Waals surface area contributed by atoms with Gasteiger partial charge in [-0.2, -0.15) is 4.72 Å². The fourth-order valence-corrected chi connectivity index (χ4v) is 5.30. The topological polar surface area (TPSA) is 87.7 Å². The molecule has 1 amide bonds. The molecule has 186 valence electrons. The van der Waals surface area contributed by atoms with E-state index in [-0.39, 0.29) is 22.8 Å². The van der Waals surface area contributed by atoms with E-state index in [9.17, 15) is 13.2 Å². The third kappa shape index (κ3) is 7.91. The van der Waals surface area contributed by atoms with Gasteiger partial charge in [0.2, 0.25) is 15.9 Å². The molecule has 0 aromatic heterocycles. The largest absolute Gasteiger partial charge is 0.376 e. The molecule has 7 nitrogen and oxygen atoms in total. The molecule has 34 heavy (non-hydrogen) atoms. The highest BCUT2D eigenvalue weighted by Crippen LogP contribution is 2.15. The predicted molar refractivity (Wildman–Crippen MR) is 134 cm³/mol. The fraction of sp³-hybridized carbons (Fsp3) is 0.500. The lowest BCUT2D eigenvalue weighted by atomic mass is 10.0. The Hall–Kier alpha value is -2.26. The molecular formula is C26H37N3O4S. The van der Waals surface area contributed by atoms with Crippen molar-refractivity contribution >= 4 is 15.9 Å². The van der Waals surface area contributed by atoms with Gasteiger partial charge in [-0.3, -0.25) is 9.69 Å². The molecular weight excluding hydrogens is 450 g/mol. The Kier molecular flexibility index (Phi) is 9.24. The van der Waals surface area contributed by atoms with Crippen LogP contribution in [0.3, 0.4) is 0 Å². The molecule has 2 aromatic carbocycles. The molecule has 1 heterocycles. The van der Waals surface area contributed by atoms with Crippen molar-refractivity contribution in [2.75, 3.05) is 19.7 Å². The van der Waals surface area contributed by atoms with Gasteiger partial charge in [-0.25, -0.2) is 8.42 Å². The number of rotatable bonds is 10. The molecule has 0 saturated carbocycles. The number of morpholine rings is 1. The average Bonchev–Trinajstić information content (AvgIpc) is 2.77. The van der Waals surface area contributed by atoms with Crippen LogP contribution in [0, 0.1) is 12.8 Å². The van der Waals surface area contributed by atoms with Gasteiger partial charge in [0.25, 0.3) is 0 Å². The van der Waals surface area contributed by atoms with Crippen LogP contribution in [-0.4, -0.2) is 51.1 Å². The third-order valence-electron chi connectivity index (χ3n) is 5.84. The zero-order valence-corrected chi connectivity index (χ0v) is 21.4. The molecule has 2 atom stereocenters. The third-order valence-corrected chi connectivity index (χ3v) is 7.33. The number of amides is 1. The minimum absolute atomic E-state index is 0.149. The van der Waals surface area contributed by atoms with Crippen LogP contribution in [0.5, 0.6) is 0 Å². The number of ether oxygens (including phenoxy) is 1. The second kappa shape index (κ2) is 11.9.